The van der Waals surface area contributed by atoms with Crippen molar-refractivity contribution >= 4 is 0 Å². The summed E-state index contributed by atoms with van der Waals surface area (Å²) in [4.78, 5) is 0. The van der Waals surface area contributed by atoms with Gasteiger partial charge in [0.2, 0.25) is 0 Å². The number of hydrogen-bond donors (Lipinski definition) is 4. The summed E-state index contributed by atoms with van der Waals surface area (Å²) in [6.45, 7) is 1.58. The largest absolute Gasteiger partial charge is 0.394 e. The van der Waals surface area contributed by atoms with Gasteiger partial charge >= 0.3 is 0 Å². The Labute approximate surface area is 112 Å². The molecule has 5 heteroatoms. The maximum absolute atomic E-state index is 9.94. The maximum Gasteiger partial charge on any atom is 0.111 e. The van der Waals surface area contributed by atoms with E-state index in [4.69, 9.17) is 9.84 Å². The lowest BCUT2D eigenvalue weighted by Crippen LogP contribution is -2.59. The van der Waals surface area contributed by atoms with Gasteiger partial charge in [-0.3, -0.25) is 0 Å². The fourth-order valence-corrected chi connectivity index (χ4v) is 2.42. The summed E-state index contributed by atoms with van der Waals surface area (Å²) in [5, 5.41) is 38.5. The van der Waals surface area contributed by atoms with Crippen molar-refractivity contribution in [1.29, 1.82) is 0 Å². The molecule has 5 nitrogen and oxygen atoms in total. The molecule has 0 bridgehead atoms. The van der Waals surface area contributed by atoms with Crippen molar-refractivity contribution in [2.75, 3.05) is 6.61 Å². The molecule has 0 aromatic heterocycles. The Morgan fingerprint density at radius 2 is 1.74 bits per heavy atom. The highest BCUT2D eigenvalue weighted by Crippen LogP contribution is 2.24. The molecule has 0 amide bonds. The van der Waals surface area contributed by atoms with E-state index in [9.17, 15) is 15.3 Å². The molecule has 1 saturated heterocycles. The predicted octanol–water partition coefficient (Wildman–Crippen LogP) is -0.620. The van der Waals surface area contributed by atoms with Crippen molar-refractivity contribution in [3.8, 4) is 0 Å². The van der Waals surface area contributed by atoms with Gasteiger partial charge in [-0.15, -0.1) is 0 Å². The van der Waals surface area contributed by atoms with Crippen molar-refractivity contribution < 1.29 is 25.2 Å². The molecule has 0 aliphatic carbocycles. The number of ether oxygens (including phenoxy) is 1. The van der Waals surface area contributed by atoms with Crippen LogP contribution in [0.4, 0.5) is 0 Å². The van der Waals surface area contributed by atoms with E-state index in [-0.39, 0.29) is 0 Å². The molecule has 0 radical (unpaired) electrons. The van der Waals surface area contributed by atoms with Crippen LogP contribution in [0.1, 0.15) is 11.1 Å². The predicted molar refractivity (Wildman–Crippen MR) is 68.7 cm³/mol. The maximum atomic E-state index is 9.94. The second-order valence-electron chi connectivity index (χ2n) is 5.06. The van der Waals surface area contributed by atoms with Crippen molar-refractivity contribution in [3.63, 3.8) is 0 Å². The molecule has 0 spiro atoms. The van der Waals surface area contributed by atoms with E-state index in [0.29, 0.717) is 6.42 Å². The van der Waals surface area contributed by atoms with Crippen LogP contribution >= 0.6 is 0 Å². The fraction of sp³-hybridized carbons (Fsp3) is 0.571. The molecule has 5 atom stereocenters. The van der Waals surface area contributed by atoms with Crippen molar-refractivity contribution in [1.82, 2.24) is 0 Å². The van der Waals surface area contributed by atoms with Gasteiger partial charge in [-0.2, -0.15) is 0 Å². The Hall–Kier alpha value is -0.980. The number of aliphatic hydroxyl groups excluding tert-OH is 4. The molecule has 0 saturated carbocycles. The summed E-state index contributed by atoms with van der Waals surface area (Å²) in [6, 6.07) is 7.77. The third kappa shape index (κ3) is 3.13. The Kier molecular flexibility index (Phi) is 4.54. The van der Waals surface area contributed by atoms with Gasteiger partial charge in [0, 0.05) is 6.42 Å². The molecule has 106 valence electrons. The van der Waals surface area contributed by atoms with Crippen LogP contribution in [0.15, 0.2) is 24.3 Å². The van der Waals surface area contributed by atoms with Crippen LogP contribution in [0, 0.1) is 6.92 Å². The van der Waals surface area contributed by atoms with Crippen LogP contribution in [0.5, 0.6) is 0 Å². The molecule has 4 N–H and O–H groups in total. The molecule has 1 fully saturated rings. The first kappa shape index (κ1) is 14.4. The topological polar surface area (TPSA) is 90.2 Å². The summed E-state index contributed by atoms with van der Waals surface area (Å²) >= 11 is 0. The molecule has 2 rings (SSSR count). The smallest absolute Gasteiger partial charge is 0.111 e. The summed E-state index contributed by atoms with van der Waals surface area (Å²) < 4.78 is 5.46. The summed E-state index contributed by atoms with van der Waals surface area (Å²) in [6.07, 6.45) is -4.83. The molecular formula is C14H20O5. The van der Waals surface area contributed by atoms with E-state index < -0.39 is 37.1 Å². The molecule has 1 unspecified atom stereocenters. The fourth-order valence-electron chi connectivity index (χ4n) is 2.42. The van der Waals surface area contributed by atoms with Crippen LogP contribution in [0.2, 0.25) is 0 Å². The lowest BCUT2D eigenvalue weighted by Gasteiger charge is -2.40. The molecule has 1 heterocycles. The summed E-state index contributed by atoms with van der Waals surface area (Å²) in [7, 11) is 0. The van der Waals surface area contributed by atoms with Gasteiger partial charge in [0.1, 0.15) is 24.4 Å². The standard InChI is InChI=1S/C14H20O5/c1-8-3-2-4-9(5-8)6-10-12(16)14(18)13(17)11(7-15)19-10/h2-5,10-18H,6-7H2,1H3/t10?,11-,12+,13-,14-/m1/s1. The minimum Gasteiger partial charge on any atom is -0.394 e. The SMILES string of the molecule is Cc1cccc(CC2O[C@H](CO)[C@@H](O)[C@H](O)[C@H]2O)c1. The molecule has 1 aromatic rings. The van der Waals surface area contributed by atoms with Gasteiger partial charge in [0.25, 0.3) is 0 Å². The Bertz CT molecular complexity index is 420. The van der Waals surface area contributed by atoms with Crippen LogP contribution in [-0.4, -0.2) is 57.6 Å². The van der Waals surface area contributed by atoms with E-state index in [1.165, 1.54) is 0 Å². The second-order valence-corrected chi connectivity index (χ2v) is 5.06. The zero-order valence-corrected chi connectivity index (χ0v) is 10.8. The molecule has 1 aromatic carbocycles. The minimum absolute atomic E-state index is 0.394. The third-order valence-electron chi connectivity index (χ3n) is 3.51. The Morgan fingerprint density at radius 1 is 1.05 bits per heavy atom. The second kappa shape index (κ2) is 5.98. The van der Waals surface area contributed by atoms with Gasteiger partial charge in [-0.25, -0.2) is 0 Å². The zero-order valence-electron chi connectivity index (χ0n) is 10.8. The normalized spacial score (nSPS) is 35.3. The van der Waals surface area contributed by atoms with Gasteiger partial charge in [-0.1, -0.05) is 29.8 Å². The number of hydrogen-bond acceptors (Lipinski definition) is 5. The number of benzene rings is 1. The highest BCUT2D eigenvalue weighted by molar-refractivity contribution is 5.23. The summed E-state index contributed by atoms with van der Waals surface area (Å²) in [5.74, 6) is 0. The van der Waals surface area contributed by atoms with E-state index in [1.807, 2.05) is 31.2 Å². The first-order valence-corrected chi connectivity index (χ1v) is 6.39. The first-order chi connectivity index (χ1) is 9.02. The highest BCUT2D eigenvalue weighted by atomic mass is 16.5. The highest BCUT2D eigenvalue weighted by Gasteiger charge is 2.43. The van der Waals surface area contributed by atoms with Crippen molar-refractivity contribution in [2.45, 2.75) is 43.9 Å². The average Bonchev–Trinajstić information content (AvgIpc) is 2.39. The monoisotopic (exact) mass is 268 g/mol. The molecule has 1 aliphatic rings. The zero-order chi connectivity index (χ0) is 14.0. The Balaban J connectivity index is 2.10. The lowest BCUT2D eigenvalue weighted by molar-refractivity contribution is -0.228. The van der Waals surface area contributed by atoms with Crippen LogP contribution in [-0.2, 0) is 11.2 Å². The first-order valence-electron chi connectivity index (χ1n) is 6.39. The van der Waals surface area contributed by atoms with Crippen LogP contribution < -0.4 is 0 Å². The van der Waals surface area contributed by atoms with Gasteiger partial charge in [-0.05, 0) is 12.5 Å². The van der Waals surface area contributed by atoms with Crippen LogP contribution in [0.3, 0.4) is 0 Å². The van der Waals surface area contributed by atoms with E-state index in [1.54, 1.807) is 0 Å². The van der Waals surface area contributed by atoms with E-state index in [2.05, 4.69) is 0 Å². The molecule has 19 heavy (non-hydrogen) atoms. The van der Waals surface area contributed by atoms with Crippen LogP contribution in [0.25, 0.3) is 0 Å². The van der Waals surface area contributed by atoms with Gasteiger partial charge in [0.15, 0.2) is 0 Å². The minimum atomic E-state index is -1.30. The lowest BCUT2D eigenvalue weighted by atomic mass is 9.91. The van der Waals surface area contributed by atoms with Crippen molar-refractivity contribution in [3.05, 3.63) is 35.4 Å². The quantitative estimate of drug-likeness (QED) is 0.586. The molecule has 1 aliphatic heterocycles. The number of aryl methyl sites for hydroxylation is 1. The average molecular weight is 268 g/mol. The summed E-state index contributed by atoms with van der Waals surface area (Å²) in [5.41, 5.74) is 2.08. The van der Waals surface area contributed by atoms with Gasteiger partial charge < -0.3 is 25.2 Å². The number of rotatable bonds is 3. The number of aliphatic hydroxyl groups is 4. The Morgan fingerprint density at radius 3 is 2.37 bits per heavy atom. The third-order valence-corrected chi connectivity index (χ3v) is 3.51. The molecular weight excluding hydrogens is 248 g/mol. The van der Waals surface area contributed by atoms with E-state index >= 15 is 0 Å². The van der Waals surface area contributed by atoms with E-state index in [0.717, 1.165) is 11.1 Å². The van der Waals surface area contributed by atoms with Crippen molar-refractivity contribution in [2.24, 2.45) is 0 Å². The van der Waals surface area contributed by atoms with Gasteiger partial charge in [0.05, 0.1) is 12.7 Å².